The van der Waals surface area contributed by atoms with E-state index in [2.05, 4.69) is 19.9 Å². The van der Waals surface area contributed by atoms with E-state index in [1.165, 1.54) is 6.42 Å². The highest BCUT2D eigenvalue weighted by atomic mass is 16.3. The summed E-state index contributed by atoms with van der Waals surface area (Å²) in [6.45, 7) is 6.58. The molecule has 10 heavy (non-hydrogen) atoms. The maximum atomic E-state index is 8.65. The fourth-order valence-corrected chi connectivity index (χ4v) is 0.634. The normalized spacial score (nSPS) is 15.4. The highest BCUT2D eigenvalue weighted by Crippen LogP contribution is 2.08. The number of hydrogen-bond acceptors (Lipinski definition) is 1. The van der Waals surface area contributed by atoms with Crippen molar-refractivity contribution >= 4 is 0 Å². The van der Waals surface area contributed by atoms with Gasteiger partial charge in [0.05, 0.1) is 6.61 Å². The molecule has 0 spiro atoms. The molecule has 1 atom stereocenters. The van der Waals surface area contributed by atoms with Gasteiger partial charge in [-0.15, -0.1) is 0 Å². The summed E-state index contributed by atoms with van der Waals surface area (Å²) >= 11 is 0. The summed E-state index contributed by atoms with van der Waals surface area (Å²) in [7, 11) is 0. The molecule has 1 N–H and O–H groups in total. The van der Waals surface area contributed by atoms with Crippen molar-refractivity contribution in [1.82, 2.24) is 0 Å². The molecule has 0 aromatic heterocycles. The zero-order valence-corrected chi connectivity index (χ0v) is 7.22. The molecule has 1 nitrogen and oxygen atoms in total. The highest BCUT2D eigenvalue weighted by molar-refractivity contribution is 4.97. The predicted octanol–water partition coefficient (Wildman–Crippen LogP) is 2.36. The van der Waals surface area contributed by atoms with Crippen LogP contribution in [0.25, 0.3) is 0 Å². The minimum absolute atomic E-state index is 0.205. The summed E-state index contributed by atoms with van der Waals surface area (Å²) in [5.41, 5.74) is 1.08. The number of aliphatic hydroxyl groups excluding tert-OH is 1. The smallest absolute Gasteiger partial charge is 0.0639 e. The fraction of sp³-hybridized carbons (Fsp3) is 0.778. The lowest BCUT2D eigenvalue weighted by Gasteiger charge is -2.03. The molecule has 60 valence electrons. The average molecular weight is 142 g/mol. The Morgan fingerprint density at radius 2 is 2.20 bits per heavy atom. The summed E-state index contributed by atoms with van der Waals surface area (Å²) < 4.78 is 0. The summed E-state index contributed by atoms with van der Waals surface area (Å²) in [5, 5.41) is 8.65. The molecule has 0 radical (unpaired) electrons. The Morgan fingerprint density at radius 3 is 2.60 bits per heavy atom. The van der Waals surface area contributed by atoms with Crippen LogP contribution in [-0.2, 0) is 0 Å². The molecule has 0 heterocycles. The molecule has 1 heteroatoms. The summed E-state index contributed by atoms with van der Waals surface area (Å²) in [6.07, 6.45) is 4.44. The summed E-state index contributed by atoms with van der Waals surface area (Å²) in [5.74, 6) is 0.751. The second kappa shape index (κ2) is 5.48. The Labute approximate surface area is 63.8 Å². The molecule has 0 aromatic carbocycles. The molecule has 1 unspecified atom stereocenters. The minimum Gasteiger partial charge on any atom is -0.392 e. The van der Waals surface area contributed by atoms with E-state index in [1.807, 2.05) is 6.92 Å². The van der Waals surface area contributed by atoms with Crippen LogP contribution in [0.4, 0.5) is 0 Å². The van der Waals surface area contributed by atoms with E-state index in [1.54, 1.807) is 0 Å². The zero-order chi connectivity index (χ0) is 7.98. The Kier molecular flexibility index (Phi) is 5.32. The van der Waals surface area contributed by atoms with Gasteiger partial charge in [-0.1, -0.05) is 31.9 Å². The quantitative estimate of drug-likeness (QED) is 0.597. The van der Waals surface area contributed by atoms with E-state index in [4.69, 9.17) is 5.11 Å². The minimum atomic E-state index is 0.205. The van der Waals surface area contributed by atoms with E-state index in [-0.39, 0.29) is 6.61 Å². The van der Waals surface area contributed by atoms with E-state index in [0.717, 1.165) is 17.9 Å². The van der Waals surface area contributed by atoms with Crippen LogP contribution in [0.5, 0.6) is 0 Å². The Morgan fingerprint density at radius 1 is 1.60 bits per heavy atom. The van der Waals surface area contributed by atoms with E-state index >= 15 is 0 Å². The van der Waals surface area contributed by atoms with Crippen LogP contribution < -0.4 is 0 Å². The zero-order valence-electron chi connectivity index (χ0n) is 7.22. The maximum Gasteiger partial charge on any atom is 0.0639 e. The highest BCUT2D eigenvalue weighted by Gasteiger charge is 1.94. The van der Waals surface area contributed by atoms with Crippen molar-refractivity contribution in [3.05, 3.63) is 11.6 Å². The number of allylic oxidation sites excluding steroid dienone is 1. The molecule has 0 bridgehead atoms. The predicted molar refractivity (Wildman–Crippen MR) is 44.9 cm³/mol. The molecular formula is C9H18O. The van der Waals surface area contributed by atoms with Gasteiger partial charge in [-0.2, -0.15) is 0 Å². The molecule has 0 aliphatic rings. The van der Waals surface area contributed by atoms with Crippen LogP contribution in [0, 0.1) is 5.92 Å². The third-order valence-corrected chi connectivity index (χ3v) is 1.82. The van der Waals surface area contributed by atoms with Crippen LogP contribution in [0.2, 0.25) is 0 Å². The first kappa shape index (κ1) is 9.70. The average Bonchev–Trinajstić information content (AvgIpc) is 1.99. The summed E-state index contributed by atoms with van der Waals surface area (Å²) in [6, 6.07) is 0. The SMILES string of the molecule is CCC(C)C/C=C(\C)CO. The second-order valence-electron chi connectivity index (χ2n) is 2.96. The van der Waals surface area contributed by atoms with Gasteiger partial charge < -0.3 is 5.11 Å². The molecule has 0 aliphatic carbocycles. The van der Waals surface area contributed by atoms with Crippen LogP contribution in [0.15, 0.2) is 11.6 Å². The molecule has 0 rings (SSSR count). The van der Waals surface area contributed by atoms with Gasteiger partial charge in [-0.3, -0.25) is 0 Å². The third-order valence-electron chi connectivity index (χ3n) is 1.82. The molecule has 0 saturated heterocycles. The van der Waals surface area contributed by atoms with E-state index in [9.17, 15) is 0 Å². The Bertz CT molecular complexity index is 105. The number of rotatable bonds is 4. The Balaban J connectivity index is 3.50. The molecule has 0 aliphatic heterocycles. The van der Waals surface area contributed by atoms with E-state index in [0.29, 0.717) is 0 Å². The second-order valence-corrected chi connectivity index (χ2v) is 2.96. The fourth-order valence-electron chi connectivity index (χ4n) is 0.634. The van der Waals surface area contributed by atoms with Crippen LogP contribution in [0.3, 0.4) is 0 Å². The first-order chi connectivity index (χ1) is 4.70. The number of aliphatic hydroxyl groups is 1. The van der Waals surface area contributed by atoms with Gasteiger partial charge >= 0.3 is 0 Å². The van der Waals surface area contributed by atoms with Crippen molar-refractivity contribution < 1.29 is 5.11 Å². The van der Waals surface area contributed by atoms with Gasteiger partial charge in [-0.25, -0.2) is 0 Å². The summed E-state index contributed by atoms with van der Waals surface area (Å²) in [4.78, 5) is 0. The topological polar surface area (TPSA) is 20.2 Å². The third kappa shape index (κ3) is 4.57. The van der Waals surface area contributed by atoms with Crippen LogP contribution in [0.1, 0.15) is 33.6 Å². The van der Waals surface area contributed by atoms with Gasteiger partial charge in [0, 0.05) is 0 Å². The lowest BCUT2D eigenvalue weighted by Crippen LogP contribution is -1.91. The van der Waals surface area contributed by atoms with Gasteiger partial charge in [0.15, 0.2) is 0 Å². The van der Waals surface area contributed by atoms with Gasteiger partial charge in [0.2, 0.25) is 0 Å². The van der Waals surface area contributed by atoms with Crippen molar-refractivity contribution in [3.63, 3.8) is 0 Å². The van der Waals surface area contributed by atoms with Gasteiger partial charge in [0.25, 0.3) is 0 Å². The van der Waals surface area contributed by atoms with Gasteiger partial charge in [-0.05, 0) is 19.3 Å². The standard InChI is InChI=1S/C9H18O/c1-4-8(2)5-6-9(3)7-10/h6,8,10H,4-5,7H2,1-3H3/b9-6+. The molecule has 0 fully saturated rings. The molecule has 0 aromatic rings. The lowest BCUT2D eigenvalue weighted by atomic mass is 10.0. The largest absolute Gasteiger partial charge is 0.392 e. The van der Waals surface area contributed by atoms with Crippen molar-refractivity contribution in [2.24, 2.45) is 5.92 Å². The molecule has 0 saturated carbocycles. The number of hydrogen-bond donors (Lipinski definition) is 1. The van der Waals surface area contributed by atoms with Crippen molar-refractivity contribution in [1.29, 1.82) is 0 Å². The van der Waals surface area contributed by atoms with Crippen molar-refractivity contribution in [2.45, 2.75) is 33.6 Å². The van der Waals surface area contributed by atoms with E-state index < -0.39 is 0 Å². The Hall–Kier alpha value is -0.300. The molecular weight excluding hydrogens is 124 g/mol. The van der Waals surface area contributed by atoms with Crippen LogP contribution in [-0.4, -0.2) is 11.7 Å². The van der Waals surface area contributed by atoms with Crippen LogP contribution >= 0.6 is 0 Å². The van der Waals surface area contributed by atoms with Gasteiger partial charge in [0.1, 0.15) is 0 Å². The first-order valence-electron chi connectivity index (χ1n) is 3.97. The van der Waals surface area contributed by atoms with Crippen molar-refractivity contribution in [2.75, 3.05) is 6.61 Å². The molecule has 0 amide bonds. The lowest BCUT2D eigenvalue weighted by molar-refractivity contribution is 0.330. The van der Waals surface area contributed by atoms with Crippen molar-refractivity contribution in [3.8, 4) is 0 Å². The maximum absolute atomic E-state index is 8.65. The first-order valence-corrected chi connectivity index (χ1v) is 3.97. The monoisotopic (exact) mass is 142 g/mol.